The maximum absolute atomic E-state index is 5.44. The molecule has 1 aliphatic carbocycles. The predicted molar refractivity (Wildman–Crippen MR) is 71.5 cm³/mol. The van der Waals surface area contributed by atoms with Crippen LogP contribution < -0.4 is 10.1 Å². The van der Waals surface area contributed by atoms with Crippen molar-refractivity contribution in [3.8, 4) is 5.75 Å². The largest absolute Gasteiger partial charge is 0.496 e. The van der Waals surface area contributed by atoms with Gasteiger partial charge in [-0.05, 0) is 38.7 Å². The lowest BCUT2D eigenvalue weighted by Gasteiger charge is -2.36. The fourth-order valence-corrected chi connectivity index (χ4v) is 2.67. The highest BCUT2D eigenvalue weighted by Gasteiger charge is 2.27. The van der Waals surface area contributed by atoms with Gasteiger partial charge in [-0.25, -0.2) is 0 Å². The van der Waals surface area contributed by atoms with Gasteiger partial charge in [-0.2, -0.15) is 0 Å². The van der Waals surface area contributed by atoms with Gasteiger partial charge in [-0.3, -0.25) is 0 Å². The molecule has 94 valence electrons. The van der Waals surface area contributed by atoms with Crippen LogP contribution in [0.2, 0.25) is 0 Å². The molecule has 1 aliphatic rings. The first-order valence-corrected chi connectivity index (χ1v) is 6.50. The number of rotatable bonds is 4. The zero-order valence-corrected chi connectivity index (χ0v) is 11.3. The fourth-order valence-electron chi connectivity index (χ4n) is 2.67. The third-order valence-electron chi connectivity index (χ3n) is 3.71. The lowest BCUT2D eigenvalue weighted by Crippen LogP contribution is -2.41. The monoisotopic (exact) mass is 233 g/mol. The third kappa shape index (κ3) is 2.81. The van der Waals surface area contributed by atoms with E-state index in [1.807, 2.05) is 0 Å². The standard InChI is InChI=1S/C15H23NO/c1-10-5-6-15(17-4)14(9-10)12(3)16-13-7-11(2)8-13/h5-6,9,11-13,16H,7-8H2,1-4H3. The van der Waals surface area contributed by atoms with Gasteiger partial charge in [0.2, 0.25) is 0 Å². The van der Waals surface area contributed by atoms with Gasteiger partial charge < -0.3 is 10.1 Å². The van der Waals surface area contributed by atoms with Gasteiger partial charge in [0.05, 0.1) is 7.11 Å². The second-order valence-electron chi connectivity index (χ2n) is 5.41. The Balaban J connectivity index is 2.06. The summed E-state index contributed by atoms with van der Waals surface area (Å²) in [4.78, 5) is 0. The van der Waals surface area contributed by atoms with Crippen LogP contribution in [0.5, 0.6) is 5.75 Å². The zero-order valence-electron chi connectivity index (χ0n) is 11.3. The molecular weight excluding hydrogens is 210 g/mol. The normalized spacial score (nSPS) is 25.2. The van der Waals surface area contributed by atoms with Crippen LogP contribution in [0.3, 0.4) is 0 Å². The van der Waals surface area contributed by atoms with Gasteiger partial charge in [0, 0.05) is 17.6 Å². The Hall–Kier alpha value is -1.02. The molecule has 17 heavy (non-hydrogen) atoms. The third-order valence-corrected chi connectivity index (χ3v) is 3.71. The minimum Gasteiger partial charge on any atom is -0.496 e. The molecule has 1 atom stereocenters. The molecule has 2 rings (SSSR count). The Morgan fingerprint density at radius 1 is 1.35 bits per heavy atom. The van der Waals surface area contributed by atoms with Crippen LogP contribution in [0, 0.1) is 12.8 Å². The first-order valence-electron chi connectivity index (χ1n) is 6.50. The maximum Gasteiger partial charge on any atom is 0.123 e. The van der Waals surface area contributed by atoms with Crippen molar-refractivity contribution in [1.29, 1.82) is 0 Å². The molecule has 0 saturated heterocycles. The van der Waals surface area contributed by atoms with Crippen molar-refractivity contribution in [3.63, 3.8) is 0 Å². The highest BCUT2D eigenvalue weighted by molar-refractivity contribution is 5.38. The van der Waals surface area contributed by atoms with Crippen LogP contribution >= 0.6 is 0 Å². The number of hydrogen-bond acceptors (Lipinski definition) is 2. The molecular formula is C15H23NO. The molecule has 1 N–H and O–H groups in total. The maximum atomic E-state index is 5.44. The van der Waals surface area contributed by atoms with Gasteiger partial charge in [0.25, 0.3) is 0 Å². The van der Waals surface area contributed by atoms with Crippen molar-refractivity contribution in [2.45, 2.75) is 45.7 Å². The molecule has 1 saturated carbocycles. The van der Waals surface area contributed by atoms with Crippen molar-refractivity contribution in [2.24, 2.45) is 5.92 Å². The number of methoxy groups -OCH3 is 1. The van der Waals surface area contributed by atoms with Crippen LogP contribution in [0.1, 0.15) is 43.9 Å². The van der Waals surface area contributed by atoms with Crippen molar-refractivity contribution < 1.29 is 4.74 Å². The fraction of sp³-hybridized carbons (Fsp3) is 0.600. The van der Waals surface area contributed by atoms with Gasteiger partial charge in [-0.15, -0.1) is 0 Å². The molecule has 2 nitrogen and oxygen atoms in total. The molecule has 0 heterocycles. The Bertz CT molecular complexity index is 383. The molecule has 0 aromatic heterocycles. The molecule has 1 fully saturated rings. The van der Waals surface area contributed by atoms with Gasteiger partial charge >= 0.3 is 0 Å². The van der Waals surface area contributed by atoms with E-state index in [2.05, 4.69) is 44.3 Å². The second kappa shape index (κ2) is 5.09. The van der Waals surface area contributed by atoms with Gasteiger partial charge in [0.15, 0.2) is 0 Å². The predicted octanol–water partition coefficient (Wildman–Crippen LogP) is 3.45. The van der Waals surface area contributed by atoms with Gasteiger partial charge in [-0.1, -0.05) is 24.6 Å². The van der Waals surface area contributed by atoms with Crippen LogP contribution in [0.25, 0.3) is 0 Å². The van der Waals surface area contributed by atoms with E-state index in [-0.39, 0.29) is 0 Å². The van der Waals surface area contributed by atoms with E-state index in [1.54, 1.807) is 7.11 Å². The van der Waals surface area contributed by atoms with Crippen molar-refractivity contribution >= 4 is 0 Å². The molecule has 0 radical (unpaired) electrons. The van der Waals surface area contributed by atoms with Crippen LogP contribution in [0.15, 0.2) is 18.2 Å². The summed E-state index contributed by atoms with van der Waals surface area (Å²) < 4.78 is 5.44. The summed E-state index contributed by atoms with van der Waals surface area (Å²) in [5, 5.41) is 3.68. The lowest BCUT2D eigenvalue weighted by atomic mass is 9.81. The van der Waals surface area contributed by atoms with Crippen molar-refractivity contribution in [1.82, 2.24) is 5.32 Å². The Morgan fingerprint density at radius 3 is 2.65 bits per heavy atom. The Labute approximate surface area is 104 Å². The Morgan fingerprint density at radius 2 is 2.06 bits per heavy atom. The van der Waals surface area contributed by atoms with Crippen molar-refractivity contribution in [3.05, 3.63) is 29.3 Å². The molecule has 0 aliphatic heterocycles. The summed E-state index contributed by atoms with van der Waals surface area (Å²) in [5.41, 5.74) is 2.56. The van der Waals surface area contributed by atoms with E-state index >= 15 is 0 Å². The van der Waals surface area contributed by atoms with Crippen LogP contribution in [0.4, 0.5) is 0 Å². The van der Waals surface area contributed by atoms with Crippen molar-refractivity contribution in [2.75, 3.05) is 7.11 Å². The topological polar surface area (TPSA) is 21.3 Å². The van der Waals surface area contributed by atoms with E-state index in [4.69, 9.17) is 4.74 Å². The number of ether oxygens (including phenoxy) is 1. The molecule has 0 spiro atoms. The molecule has 2 heteroatoms. The Kier molecular flexibility index (Phi) is 3.72. The average Bonchev–Trinajstić information content (AvgIpc) is 2.27. The number of hydrogen-bond donors (Lipinski definition) is 1. The summed E-state index contributed by atoms with van der Waals surface area (Å²) in [7, 11) is 1.74. The van der Waals surface area contributed by atoms with Gasteiger partial charge in [0.1, 0.15) is 5.75 Å². The minimum absolute atomic E-state index is 0.363. The molecule has 0 amide bonds. The molecule has 1 aromatic carbocycles. The van der Waals surface area contributed by atoms with E-state index in [0.717, 1.165) is 11.7 Å². The SMILES string of the molecule is COc1ccc(C)cc1C(C)NC1CC(C)C1. The summed E-state index contributed by atoms with van der Waals surface area (Å²) in [6.45, 7) is 6.66. The van der Waals surface area contributed by atoms with E-state index in [1.165, 1.54) is 24.0 Å². The second-order valence-corrected chi connectivity index (χ2v) is 5.41. The molecule has 1 aromatic rings. The summed E-state index contributed by atoms with van der Waals surface area (Å²) in [6.07, 6.45) is 2.61. The van der Waals surface area contributed by atoms with Crippen LogP contribution in [-0.4, -0.2) is 13.2 Å². The number of benzene rings is 1. The first-order chi connectivity index (χ1) is 8.10. The molecule has 0 bridgehead atoms. The quantitative estimate of drug-likeness (QED) is 0.860. The average molecular weight is 233 g/mol. The minimum atomic E-state index is 0.363. The zero-order chi connectivity index (χ0) is 12.4. The smallest absolute Gasteiger partial charge is 0.123 e. The van der Waals surface area contributed by atoms with E-state index in [0.29, 0.717) is 12.1 Å². The summed E-state index contributed by atoms with van der Waals surface area (Å²) >= 11 is 0. The summed E-state index contributed by atoms with van der Waals surface area (Å²) in [6, 6.07) is 7.43. The number of aryl methyl sites for hydroxylation is 1. The first kappa shape index (κ1) is 12.4. The summed E-state index contributed by atoms with van der Waals surface area (Å²) in [5.74, 6) is 1.88. The highest BCUT2D eigenvalue weighted by atomic mass is 16.5. The highest BCUT2D eigenvalue weighted by Crippen LogP contribution is 2.31. The molecule has 1 unspecified atom stereocenters. The number of nitrogens with one attached hydrogen (secondary N) is 1. The lowest BCUT2D eigenvalue weighted by molar-refractivity contribution is 0.225. The van der Waals surface area contributed by atoms with Crippen LogP contribution in [-0.2, 0) is 0 Å². The van der Waals surface area contributed by atoms with E-state index < -0.39 is 0 Å². The van der Waals surface area contributed by atoms with E-state index in [9.17, 15) is 0 Å².